The quantitative estimate of drug-likeness (QED) is 0.736. The molecule has 4 rings (SSSR count). The number of fused-ring (bicyclic) bond motifs is 1. The van der Waals surface area contributed by atoms with Crippen molar-refractivity contribution in [3.05, 3.63) is 48.0 Å². The molecule has 1 amide bonds. The molecule has 8 heteroatoms. The second-order valence-corrected chi connectivity index (χ2v) is 7.53. The molecule has 1 fully saturated rings. The molecule has 1 N–H and O–H groups in total. The third kappa shape index (κ3) is 3.31. The Bertz CT molecular complexity index is 1020. The zero-order valence-electron chi connectivity index (χ0n) is 16.3. The normalized spacial score (nSPS) is 19.4. The van der Waals surface area contributed by atoms with Gasteiger partial charge in [0, 0.05) is 38.6 Å². The fraction of sp³-hybridized carbons (Fsp3) is 0.400. The van der Waals surface area contributed by atoms with E-state index in [4.69, 9.17) is 0 Å². The second kappa shape index (κ2) is 6.87. The zero-order chi connectivity index (χ0) is 19.9. The number of carbonyl (C=O) groups excluding carboxylic acids is 1. The van der Waals surface area contributed by atoms with Gasteiger partial charge in [-0.15, -0.1) is 0 Å². The topological polar surface area (TPSA) is 87.4 Å². The monoisotopic (exact) mass is 380 g/mol. The number of β-amino-alcohol motifs (C(OH)–C–C–N with tert-alkyl or cyclic N) is 1. The smallest absolute Gasteiger partial charge is 0.253 e. The lowest BCUT2D eigenvalue weighted by Gasteiger charge is -2.29. The number of carbonyl (C=O) groups is 1. The zero-order valence-corrected chi connectivity index (χ0v) is 16.3. The van der Waals surface area contributed by atoms with Crippen LogP contribution < -0.4 is 4.90 Å². The highest BCUT2D eigenvalue weighted by Crippen LogP contribution is 2.26. The van der Waals surface area contributed by atoms with Gasteiger partial charge in [-0.05, 0) is 37.6 Å². The van der Waals surface area contributed by atoms with Crippen molar-refractivity contribution in [1.29, 1.82) is 0 Å². The summed E-state index contributed by atoms with van der Waals surface area (Å²) in [7, 11) is 3.67. The summed E-state index contributed by atoms with van der Waals surface area (Å²) in [5.74, 6) is 1.37. The molecule has 1 atom stereocenters. The van der Waals surface area contributed by atoms with Crippen molar-refractivity contribution in [3.8, 4) is 0 Å². The van der Waals surface area contributed by atoms with Crippen molar-refractivity contribution < 1.29 is 9.90 Å². The lowest BCUT2D eigenvalue weighted by atomic mass is 10.0. The minimum Gasteiger partial charge on any atom is -0.386 e. The largest absolute Gasteiger partial charge is 0.386 e. The average molecular weight is 380 g/mol. The van der Waals surface area contributed by atoms with Crippen LogP contribution in [0.4, 0.5) is 5.95 Å². The van der Waals surface area contributed by atoms with Crippen LogP contribution in [0.3, 0.4) is 0 Å². The first kappa shape index (κ1) is 18.4. The highest BCUT2D eigenvalue weighted by atomic mass is 16.3. The number of amides is 1. The van der Waals surface area contributed by atoms with Crippen LogP contribution in [0.1, 0.15) is 22.6 Å². The number of aromatic nitrogens is 4. The molecule has 0 spiro atoms. The predicted molar refractivity (Wildman–Crippen MR) is 106 cm³/mol. The molecule has 0 saturated carbocycles. The molecule has 28 heavy (non-hydrogen) atoms. The van der Waals surface area contributed by atoms with E-state index in [1.165, 1.54) is 0 Å². The summed E-state index contributed by atoms with van der Waals surface area (Å²) in [5, 5.41) is 11.0. The van der Waals surface area contributed by atoms with Gasteiger partial charge in [0.25, 0.3) is 5.91 Å². The Labute approximate surface area is 163 Å². The maximum Gasteiger partial charge on any atom is 0.253 e. The Balaban J connectivity index is 1.47. The van der Waals surface area contributed by atoms with E-state index >= 15 is 0 Å². The summed E-state index contributed by atoms with van der Waals surface area (Å²) in [6.45, 7) is 3.23. The van der Waals surface area contributed by atoms with Crippen molar-refractivity contribution in [1.82, 2.24) is 24.4 Å². The van der Waals surface area contributed by atoms with Crippen LogP contribution in [0.25, 0.3) is 11.0 Å². The van der Waals surface area contributed by atoms with E-state index in [0.717, 1.165) is 16.9 Å². The summed E-state index contributed by atoms with van der Waals surface area (Å²) in [6, 6.07) is 7.29. The number of imidazole rings is 1. The lowest BCUT2D eigenvalue weighted by molar-refractivity contribution is 0.0264. The van der Waals surface area contributed by atoms with E-state index in [2.05, 4.69) is 15.0 Å². The number of aliphatic hydroxyl groups is 1. The number of nitrogens with zero attached hydrogens (tertiary/aromatic N) is 6. The Hall–Kier alpha value is -3.00. The number of anilines is 1. The summed E-state index contributed by atoms with van der Waals surface area (Å²) < 4.78 is 1.99. The van der Waals surface area contributed by atoms with Crippen molar-refractivity contribution in [2.24, 2.45) is 7.05 Å². The van der Waals surface area contributed by atoms with Crippen LogP contribution in [0.5, 0.6) is 0 Å². The molecule has 0 radical (unpaired) electrons. The van der Waals surface area contributed by atoms with Gasteiger partial charge in [-0.25, -0.2) is 15.0 Å². The van der Waals surface area contributed by atoms with Crippen LogP contribution in [0.2, 0.25) is 0 Å². The molecular formula is C20H24N6O2. The predicted octanol–water partition coefficient (Wildman–Crippen LogP) is 1.39. The summed E-state index contributed by atoms with van der Waals surface area (Å²) >= 11 is 0. The first-order valence-electron chi connectivity index (χ1n) is 9.29. The average Bonchev–Trinajstić information content (AvgIpc) is 3.21. The molecule has 0 bridgehead atoms. The summed E-state index contributed by atoms with van der Waals surface area (Å²) in [5.41, 5.74) is 1.36. The van der Waals surface area contributed by atoms with Gasteiger partial charge in [0.15, 0.2) is 0 Å². The Morgan fingerprint density at radius 3 is 2.82 bits per heavy atom. The minimum absolute atomic E-state index is 0.131. The molecule has 1 saturated heterocycles. The number of benzene rings is 1. The van der Waals surface area contributed by atoms with Crippen LogP contribution in [0.15, 0.2) is 36.7 Å². The number of hydrogen-bond acceptors (Lipinski definition) is 6. The number of aryl methyl sites for hydroxylation is 2. The summed E-state index contributed by atoms with van der Waals surface area (Å²) in [4.78, 5) is 29.4. The van der Waals surface area contributed by atoms with Crippen molar-refractivity contribution in [2.75, 3.05) is 31.6 Å². The van der Waals surface area contributed by atoms with Crippen LogP contribution in [-0.4, -0.2) is 67.7 Å². The van der Waals surface area contributed by atoms with E-state index in [9.17, 15) is 9.90 Å². The third-order valence-corrected chi connectivity index (χ3v) is 5.40. The molecule has 146 valence electrons. The molecule has 1 aromatic carbocycles. The van der Waals surface area contributed by atoms with Crippen molar-refractivity contribution in [2.45, 2.75) is 18.9 Å². The highest BCUT2D eigenvalue weighted by molar-refractivity contribution is 5.97. The molecule has 3 heterocycles. The van der Waals surface area contributed by atoms with Crippen molar-refractivity contribution in [3.63, 3.8) is 0 Å². The summed E-state index contributed by atoms with van der Waals surface area (Å²) in [6.07, 6.45) is 3.93. The highest BCUT2D eigenvalue weighted by Gasteiger charge is 2.39. The van der Waals surface area contributed by atoms with Crippen LogP contribution in [0, 0.1) is 6.92 Å². The number of likely N-dealkylation sites (N-methyl/N-ethyl adjacent to an activating group) is 1. The van der Waals surface area contributed by atoms with E-state index in [1.54, 1.807) is 30.4 Å². The van der Waals surface area contributed by atoms with Crippen LogP contribution >= 0.6 is 0 Å². The van der Waals surface area contributed by atoms with Gasteiger partial charge in [-0.1, -0.05) is 0 Å². The number of rotatable bonds is 4. The first-order valence-corrected chi connectivity index (χ1v) is 9.29. The Morgan fingerprint density at radius 2 is 2.07 bits per heavy atom. The fourth-order valence-corrected chi connectivity index (χ4v) is 3.80. The van der Waals surface area contributed by atoms with Gasteiger partial charge < -0.3 is 19.5 Å². The Kier molecular flexibility index (Phi) is 4.50. The SMILES string of the molecule is Cc1nc2cc(C(=O)N(C)CC3(O)CCN(c4ncccn4)C3)ccc2n1C. The van der Waals surface area contributed by atoms with E-state index in [1.807, 2.05) is 41.6 Å². The Morgan fingerprint density at radius 1 is 1.32 bits per heavy atom. The third-order valence-electron chi connectivity index (χ3n) is 5.40. The molecule has 8 nitrogen and oxygen atoms in total. The molecule has 3 aromatic rings. The van der Waals surface area contributed by atoms with Gasteiger partial charge in [0.05, 0.1) is 24.1 Å². The van der Waals surface area contributed by atoms with Gasteiger partial charge in [-0.2, -0.15) is 0 Å². The first-order chi connectivity index (χ1) is 13.4. The van der Waals surface area contributed by atoms with E-state index < -0.39 is 5.60 Å². The maximum absolute atomic E-state index is 12.9. The van der Waals surface area contributed by atoms with E-state index in [0.29, 0.717) is 31.0 Å². The van der Waals surface area contributed by atoms with Crippen molar-refractivity contribution >= 4 is 22.9 Å². The molecular weight excluding hydrogens is 356 g/mol. The molecule has 1 aliphatic rings. The fourth-order valence-electron chi connectivity index (χ4n) is 3.80. The van der Waals surface area contributed by atoms with Gasteiger partial charge in [0.2, 0.25) is 5.95 Å². The molecule has 1 unspecified atom stereocenters. The molecule has 0 aliphatic carbocycles. The molecule has 1 aliphatic heterocycles. The van der Waals surface area contributed by atoms with Gasteiger partial charge in [-0.3, -0.25) is 4.79 Å². The minimum atomic E-state index is -0.991. The molecule has 2 aromatic heterocycles. The maximum atomic E-state index is 12.9. The van der Waals surface area contributed by atoms with Crippen LogP contribution in [-0.2, 0) is 7.05 Å². The lowest BCUT2D eigenvalue weighted by Crippen LogP contribution is -2.46. The van der Waals surface area contributed by atoms with E-state index in [-0.39, 0.29) is 12.5 Å². The van der Waals surface area contributed by atoms with Gasteiger partial charge >= 0.3 is 0 Å². The second-order valence-electron chi connectivity index (χ2n) is 7.53. The standard InChI is InChI=1S/C20H24N6O2/c1-14-23-16-11-15(5-6-17(16)25(14)3)18(27)24(2)12-20(28)7-10-26(13-20)19-21-8-4-9-22-19/h4-6,8-9,11,28H,7,10,12-13H2,1-3H3. The van der Waals surface area contributed by atoms with Gasteiger partial charge in [0.1, 0.15) is 11.4 Å². The number of hydrogen-bond donors (Lipinski definition) is 1.